The number of nitrogen functional groups attached to an aromatic ring is 1. The highest BCUT2D eigenvalue weighted by molar-refractivity contribution is 6.00. The number of rotatable bonds is 4. The van der Waals surface area contributed by atoms with Gasteiger partial charge in [-0.05, 0) is 37.5 Å². The summed E-state index contributed by atoms with van der Waals surface area (Å²) in [7, 11) is 0. The van der Waals surface area contributed by atoms with E-state index in [1.807, 2.05) is 18.3 Å². The van der Waals surface area contributed by atoms with Gasteiger partial charge in [0.1, 0.15) is 0 Å². The Morgan fingerprint density at radius 3 is 3.10 bits per heavy atom. The minimum atomic E-state index is 0.336. The van der Waals surface area contributed by atoms with Crippen LogP contribution in [-0.4, -0.2) is 30.8 Å². The molecule has 4 heteroatoms. The molecule has 1 unspecified atom stereocenters. The monoisotopic (exact) mass is 285 g/mol. The zero-order chi connectivity index (χ0) is 14.7. The third-order valence-electron chi connectivity index (χ3n) is 4.11. The van der Waals surface area contributed by atoms with E-state index in [9.17, 15) is 0 Å². The zero-order valence-electron chi connectivity index (χ0n) is 12.6. The summed E-state index contributed by atoms with van der Waals surface area (Å²) >= 11 is 0. The molecule has 1 saturated heterocycles. The van der Waals surface area contributed by atoms with Crippen LogP contribution in [-0.2, 0) is 4.74 Å². The average Bonchev–Trinajstić information content (AvgIpc) is 2.54. The van der Waals surface area contributed by atoms with Crippen molar-refractivity contribution in [3.63, 3.8) is 0 Å². The quantitative estimate of drug-likeness (QED) is 0.876. The largest absolute Gasteiger partial charge is 0.398 e. The number of benzene rings is 1. The number of aromatic nitrogens is 1. The van der Waals surface area contributed by atoms with Crippen molar-refractivity contribution in [2.24, 2.45) is 0 Å². The lowest BCUT2D eigenvalue weighted by atomic mass is 10.0. The molecule has 2 heterocycles. The van der Waals surface area contributed by atoms with E-state index in [0.717, 1.165) is 49.0 Å². The summed E-state index contributed by atoms with van der Waals surface area (Å²) in [4.78, 5) is 6.67. The molecule has 4 nitrogen and oxygen atoms in total. The van der Waals surface area contributed by atoms with E-state index in [0.29, 0.717) is 6.10 Å². The topological polar surface area (TPSA) is 51.4 Å². The summed E-state index contributed by atoms with van der Waals surface area (Å²) in [5.41, 5.74) is 8.11. The molecular formula is C17H23N3O. The third-order valence-corrected chi connectivity index (χ3v) is 4.11. The first kappa shape index (κ1) is 14.1. The van der Waals surface area contributed by atoms with Crippen LogP contribution in [0.25, 0.3) is 10.8 Å². The standard InChI is InChI=1S/C17H23N3O/c1-2-10-21-13-4-3-9-20(12-13)17-6-5-16(18)14-7-8-19-11-15(14)17/h5-8,11,13H,2-4,9-10,12,18H2,1H3. The molecule has 112 valence electrons. The van der Waals surface area contributed by atoms with E-state index in [1.165, 1.54) is 12.1 Å². The van der Waals surface area contributed by atoms with E-state index < -0.39 is 0 Å². The minimum Gasteiger partial charge on any atom is -0.398 e. The first-order chi connectivity index (χ1) is 10.3. The lowest BCUT2D eigenvalue weighted by Crippen LogP contribution is -2.40. The first-order valence-electron chi connectivity index (χ1n) is 7.78. The lowest BCUT2D eigenvalue weighted by molar-refractivity contribution is 0.0441. The highest BCUT2D eigenvalue weighted by atomic mass is 16.5. The van der Waals surface area contributed by atoms with Crippen molar-refractivity contribution in [1.82, 2.24) is 4.98 Å². The van der Waals surface area contributed by atoms with Gasteiger partial charge in [0.2, 0.25) is 0 Å². The van der Waals surface area contributed by atoms with E-state index in [1.54, 1.807) is 6.20 Å². The molecule has 0 aliphatic carbocycles. The van der Waals surface area contributed by atoms with Gasteiger partial charge in [-0.3, -0.25) is 4.98 Å². The maximum absolute atomic E-state index is 6.08. The number of hydrogen-bond donors (Lipinski definition) is 1. The van der Waals surface area contributed by atoms with Gasteiger partial charge in [0.15, 0.2) is 0 Å². The number of nitrogens with two attached hydrogens (primary N) is 1. The van der Waals surface area contributed by atoms with E-state index in [4.69, 9.17) is 10.5 Å². The summed E-state index contributed by atoms with van der Waals surface area (Å²) in [6, 6.07) is 6.10. The van der Waals surface area contributed by atoms with Crippen LogP contribution in [0.1, 0.15) is 26.2 Å². The second-order valence-electron chi connectivity index (χ2n) is 5.68. The molecule has 0 amide bonds. The fourth-order valence-corrected chi connectivity index (χ4v) is 3.05. The molecule has 3 rings (SSSR count). The van der Waals surface area contributed by atoms with Gasteiger partial charge in [0.05, 0.1) is 6.10 Å². The molecule has 2 N–H and O–H groups in total. The normalized spacial score (nSPS) is 19.1. The number of pyridine rings is 1. The van der Waals surface area contributed by atoms with Crippen molar-refractivity contribution in [3.05, 3.63) is 30.6 Å². The average molecular weight is 285 g/mol. The van der Waals surface area contributed by atoms with Crippen molar-refractivity contribution < 1.29 is 4.74 Å². The van der Waals surface area contributed by atoms with Crippen LogP contribution in [0.2, 0.25) is 0 Å². The van der Waals surface area contributed by atoms with Crippen molar-refractivity contribution in [2.75, 3.05) is 30.3 Å². The lowest BCUT2D eigenvalue weighted by Gasteiger charge is -2.35. The summed E-state index contributed by atoms with van der Waals surface area (Å²) < 4.78 is 5.94. The molecule has 1 aromatic carbocycles. The van der Waals surface area contributed by atoms with E-state index >= 15 is 0 Å². The van der Waals surface area contributed by atoms with Gasteiger partial charge < -0.3 is 15.4 Å². The van der Waals surface area contributed by atoms with Crippen LogP contribution in [0.15, 0.2) is 30.6 Å². The van der Waals surface area contributed by atoms with Crippen molar-refractivity contribution in [3.8, 4) is 0 Å². The van der Waals surface area contributed by atoms with Gasteiger partial charge in [-0.2, -0.15) is 0 Å². The number of fused-ring (bicyclic) bond motifs is 1. The molecular weight excluding hydrogens is 262 g/mol. The number of piperidine rings is 1. The Hall–Kier alpha value is -1.81. The zero-order valence-corrected chi connectivity index (χ0v) is 12.6. The Balaban J connectivity index is 1.88. The van der Waals surface area contributed by atoms with Gasteiger partial charge in [-0.1, -0.05) is 6.92 Å². The number of ether oxygens (including phenoxy) is 1. The van der Waals surface area contributed by atoms with Gasteiger partial charge in [-0.25, -0.2) is 0 Å². The van der Waals surface area contributed by atoms with E-state index in [2.05, 4.69) is 22.9 Å². The number of hydrogen-bond acceptors (Lipinski definition) is 4. The van der Waals surface area contributed by atoms with Crippen molar-refractivity contribution in [2.45, 2.75) is 32.3 Å². The smallest absolute Gasteiger partial charge is 0.0750 e. The predicted molar refractivity (Wildman–Crippen MR) is 87.6 cm³/mol. The molecule has 0 saturated carbocycles. The fraction of sp³-hybridized carbons (Fsp3) is 0.471. The summed E-state index contributed by atoms with van der Waals surface area (Å²) in [5, 5.41) is 2.22. The number of anilines is 2. The molecule has 1 atom stereocenters. The Bertz CT molecular complexity index is 614. The molecule has 21 heavy (non-hydrogen) atoms. The first-order valence-corrected chi connectivity index (χ1v) is 7.78. The molecule has 1 aliphatic rings. The molecule has 1 aliphatic heterocycles. The molecule has 0 bridgehead atoms. The summed E-state index contributed by atoms with van der Waals surface area (Å²) in [5.74, 6) is 0. The fourth-order valence-electron chi connectivity index (χ4n) is 3.05. The van der Waals surface area contributed by atoms with Crippen LogP contribution in [0.3, 0.4) is 0 Å². The number of nitrogens with zero attached hydrogens (tertiary/aromatic N) is 2. The van der Waals surface area contributed by atoms with Crippen LogP contribution in [0, 0.1) is 0 Å². The molecule has 1 fully saturated rings. The van der Waals surface area contributed by atoms with Gasteiger partial charge in [0.25, 0.3) is 0 Å². The minimum absolute atomic E-state index is 0.336. The van der Waals surface area contributed by atoms with Crippen LogP contribution < -0.4 is 10.6 Å². The molecule has 1 aromatic heterocycles. The predicted octanol–water partition coefficient (Wildman–Crippen LogP) is 3.21. The van der Waals surface area contributed by atoms with Crippen LogP contribution >= 0.6 is 0 Å². The Kier molecular flexibility index (Phi) is 4.25. The van der Waals surface area contributed by atoms with Crippen LogP contribution in [0.4, 0.5) is 11.4 Å². The highest BCUT2D eigenvalue weighted by Crippen LogP contribution is 2.32. The second-order valence-corrected chi connectivity index (χ2v) is 5.68. The van der Waals surface area contributed by atoms with Gasteiger partial charge in [0, 0.05) is 54.2 Å². The van der Waals surface area contributed by atoms with Gasteiger partial charge in [-0.15, -0.1) is 0 Å². The van der Waals surface area contributed by atoms with Crippen molar-refractivity contribution in [1.29, 1.82) is 0 Å². The maximum atomic E-state index is 6.08. The van der Waals surface area contributed by atoms with Crippen molar-refractivity contribution >= 4 is 22.1 Å². The Labute approximate surface area is 125 Å². The Morgan fingerprint density at radius 1 is 1.33 bits per heavy atom. The maximum Gasteiger partial charge on any atom is 0.0750 e. The molecule has 0 radical (unpaired) electrons. The van der Waals surface area contributed by atoms with Gasteiger partial charge >= 0.3 is 0 Å². The summed E-state index contributed by atoms with van der Waals surface area (Å²) in [6.45, 7) is 5.02. The highest BCUT2D eigenvalue weighted by Gasteiger charge is 2.22. The molecule has 0 spiro atoms. The van der Waals surface area contributed by atoms with Crippen LogP contribution in [0.5, 0.6) is 0 Å². The third kappa shape index (κ3) is 2.95. The Morgan fingerprint density at radius 2 is 2.24 bits per heavy atom. The second kappa shape index (κ2) is 6.31. The SMILES string of the molecule is CCCOC1CCCN(c2ccc(N)c3ccncc23)C1. The summed E-state index contributed by atoms with van der Waals surface area (Å²) in [6.07, 6.45) is 7.44. The van der Waals surface area contributed by atoms with E-state index in [-0.39, 0.29) is 0 Å². The molecule has 2 aromatic rings.